The van der Waals surface area contributed by atoms with Crippen LogP contribution in [0.1, 0.15) is 24.8 Å². The maximum absolute atomic E-state index is 13.1. The van der Waals surface area contributed by atoms with E-state index in [1.54, 1.807) is 4.90 Å². The summed E-state index contributed by atoms with van der Waals surface area (Å²) in [6, 6.07) is 10.1. The van der Waals surface area contributed by atoms with Crippen molar-refractivity contribution in [1.29, 1.82) is 0 Å². The fourth-order valence-electron chi connectivity index (χ4n) is 4.04. The molecular formula is C19H27N3O4S. The van der Waals surface area contributed by atoms with Crippen molar-refractivity contribution in [3.8, 4) is 0 Å². The van der Waals surface area contributed by atoms with E-state index in [9.17, 15) is 18.0 Å². The lowest BCUT2D eigenvalue weighted by Gasteiger charge is -2.39. The topological polar surface area (TPSA) is 86.8 Å². The summed E-state index contributed by atoms with van der Waals surface area (Å²) >= 11 is 0. The molecule has 27 heavy (non-hydrogen) atoms. The highest BCUT2D eigenvalue weighted by molar-refractivity contribution is 7.88. The van der Waals surface area contributed by atoms with Gasteiger partial charge in [0.2, 0.25) is 21.8 Å². The lowest BCUT2D eigenvalue weighted by molar-refractivity contribution is -0.146. The third-order valence-corrected chi connectivity index (χ3v) is 6.20. The number of hydrogen-bond donors (Lipinski definition) is 1. The van der Waals surface area contributed by atoms with Crippen molar-refractivity contribution < 1.29 is 18.0 Å². The molecule has 0 aliphatic carbocycles. The zero-order valence-electron chi connectivity index (χ0n) is 15.7. The van der Waals surface area contributed by atoms with E-state index in [0.717, 1.165) is 32.1 Å². The van der Waals surface area contributed by atoms with Crippen LogP contribution < -0.4 is 4.72 Å². The molecule has 148 valence electrons. The summed E-state index contributed by atoms with van der Waals surface area (Å²) in [6.07, 6.45) is 4.23. The monoisotopic (exact) mass is 393 g/mol. The lowest BCUT2D eigenvalue weighted by Crippen LogP contribution is -2.51. The Morgan fingerprint density at radius 2 is 1.93 bits per heavy atom. The molecule has 1 atom stereocenters. The van der Waals surface area contributed by atoms with Crippen LogP contribution in [0.3, 0.4) is 0 Å². The molecule has 1 N–H and O–H groups in total. The molecule has 0 bridgehead atoms. The highest BCUT2D eigenvalue weighted by atomic mass is 32.2. The van der Waals surface area contributed by atoms with Gasteiger partial charge in [0, 0.05) is 26.2 Å². The quantitative estimate of drug-likeness (QED) is 0.768. The van der Waals surface area contributed by atoms with Crippen LogP contribution in [0.15, 0.2) is 30.3 Å². The second kappa shape index (κ2) is 7.98. The second-order valence-corrected chi connectivity index (χ2v) is 9.40. The number of piperidine rings is 1. The molecule has 8 heteroatoms. The van der Waals surface area contributed by atoms with Crippen LogP contribution in [0.2, 0.25) is 0 Å². The number of nitrogens with zero attached hydrogens (tertiary/aromatic N) is 2. The molecule has 0 aromatic heterocycles. The highest BCUT2D eigenvalue weighted by Crippen LogP contribution is 2.40. The second-order valence-electron chi connectivity index (χ2n) is 7.57. The van der Waals surface area contributed by atoms with Crippen LogP contribution in [0.5, 0.6) is 0 Å². The van der Waals surface area contributed by atoms with Crippen LogP contribution in [-0.4, -0.2) is 69.0 Å². The summed E-state index contributed by atoms with van der Waals surface area (Å²) in [7, 11) is -3.41. The molecule has 2 amide bonds. The normalized spacial score (nSPS) is 23.2. The van der Waals surface area contributed by atoms with E-state index in [1.165, 1.54) is 5.56 Å². The van der Waals surface area contributed by atoms with Crippen molar-refractivity contribution >= 4 is 21.8 Å². The predicted octanol–water partition coefficient (Wildman–Crippen LogP) is 0.619. The third-order valence-electron chi connectivity index (χ3n) is 5.53. The molecule has 1 aromatic carbocycles. The molecule has 1 spiro atoms. The fourth-order valence-corrected chi connectivity index (χ4v) is 4.43. The first-order chi connectivity index (χ1) is 12.8. The first-order valence-electron chi connectivity index (χ1n) is 9.35. The fraction of sp³-hybridized carbons (Fsp3) is 0.579. The Labute approximate surface area is 160 Å². The molecule has 1 aromatic rings. The van der Waals surface area contributed by atoms with E-state index in [2.05, 4.69) is 16.9 Å². The number of sulfonamides is 1. The van der Waals surface area contributed by atoms with Gasteiger partial charge in [-0.2, -0.15) is 0 Å². The zero-order valence-corrected chi connectivity index (χ0v) is 16.5. The van der Waals surface area contributed by atoms with E-state index < -0.39 is 15.4 Å². The summed E-state index contributed by atoms with van der Waals surface area (Å²) in [6.45, 7) is 2.09. The smallest absolute Gasteiger partial charge is 0.237 e. The van der Waals surface area contributed by atoms with Crippen molar-refractivity contribution in [2.24, 2.45) is 5.41 Å². The van der Waals surface area contributed by atoms with Gasteiger partial charge in [0.05, 0.1) is 18.2 Å². The molecule has 2 fully saturated rings. The molecule has 0 saturated carbocycles. The van der Waals surface area contributed by atoms with Gasteiger partial charge in [-0.25, -0.2) is 13.1 Å². The van der Waals surface area contributed by atoms with Gasteiger partial charge in [0.25, 0.3) is 0 Å². The Bertz CT molecular complexity index is 796. The Balaban J connectivity index is 1.59. The van der Waals surface area contributed by atoms with Crippen molar-refractivity contribution in [1.82, 2.24) is 14.5 Å². The summed E-state index contributed by atoms with van der Waals surface area (Å²) in [5.74, 6) is -0.137. The van der Waals surface area contributed by atoms with E-state index in [4.69, 9.17) is 0 Å². The number of rotatable bonds is 6. The maximum Gasteiger partial charge on any atom is 0.237 e. The van der Waals surface area contributed by atoms with Gasteiger partial charge < -0.3 is 9.80 Å². The Morgan fingerprint density at radius 3 is 2.63 bits per heavy atom. The van der Waals surface area contributed by atoms with Gasteiger partial charge in [-0.3, -0.25) is 9.59 Å². The molecular weight excluding hydrogens is 366 g/mol. The van der Waals surface area contributed by atoms with Crippen LogP contribution in [-0.2, 0) is 26.0 Å². The maximum atomic E-state index is 13.1. The average molecular weight is 394 g/mol. The van der Waals surface area contributed by atoms with Gasteiger partial charge in [0.1, 0.15) is 0 Å². The van der Waals surface area contributed by atoms with Gasteiger partial charge in [-0.05, 0) is 31.2 Å². The number of nitrogens with one attached hydrogen (secondary N) is 1. The molecule has 7 nitrogen and oxygen atoms in total. The number of carbonyl (C=O) groups is 2. The van der Waals surface area contributed by atoms with Crippen LogP contribution in [0.25, 0.3) is 0 Å². The Hall–Kier alpha value is -1.93. The minimum atomic E-state index is -3.41. The summed E-state index contributed by atoms with van der Waals surface area (Å²) in [4.78, 5) is 29.0. The minimum absolute atomic E-state index is 0.135. The molecule has 0 radical (unpaired) electrons. The molecule has 0 unspecified atom stereocenters. The minimum Gasteiger partial charge on any atom is -0.342 e. The number of benzene rings is 1. The Morgan fingerprint density at radius 1 is 1.19 bits per heavy atom. The number of carbonyl (C=O) groups excluding carboxylic acids is 2. The predicted molar refractivity (Wildman–Crippen MR) is 102 cm³/mol. The lowest BCUT2D eigenvalue weighted by atomic mass is 9.78. The zero-order chi connectivity index (χ0) is 19.5. The summed E-state index contributed by atoms with van der Waals surface area (Å²) in [5, 5.41) is 0. The third kappa shape index (κ3) is 4.87. The van der Waals surface area contributed by atoms with Crippen molar-refractivity contribution in [2.75, 3.05) is 39.0 Å². The van der Waals surface area contributed by atoms with Gasteiger partial charge in [0.15, 0.2) is 0 Å². The molecule has 2 aliphatic rings. The number of amides is 2. The van der Waals surface area contributed by atoms with Gasteiger partial charge in [-0.1, -0.05) is 30.3 Å². The Kier molecular flexibility index (Phi) is 5.86. The molecule has 2 aliphatic heterocycles. The number of hydrogen-bond acceptors (Lipinski definition) is 4. The van der Waals surface area contributed by atoms with Crippen LogP contribution in [0, 0.1) is 5.41 Å². The molecule has 2 saturated heterocycles. The largest absolute Gasteiger partial charge is 0.342 e. The van der Waals surface area contributed by atoms with Gasteiger partial charge >= 0.3 is 0 Å². The van der Waals surface area contributed by atoms with Crippen molar-refractivity contribution in [3.63, 3.8) is 0 Å². The van der Waals surface area contributed by atoms with E-state index >= 15 is 0 Å². The number of likely N-dealkylation sites (tertiary alicyclic amines) is 2. The first kappa shape index (κ1) is 19.8. The highest BCUT2D eigenvalue weighted by Gasteiger charge is 2.49. The van der Waals surface area contributed by atoms with E-state index in [1.807, 2.05) is 23.1 Å². The van der Waals surface area contributed by atoms with Crippen LogP contribution >= 0.6 is 0 Å². The standard InChI is InChI=1S/C19H27N3O4S/c1-27(25,26)20-14-17(23)22-13-10-19(15-22)9-5-11-21(18(19)24)12-8-16-6-3-2-4-7-16/h2-4,6-7,20H,5,8-15H2,1H3/t19-/m0/s1. The van der Waals surface area contributed by atoms with Crippen molar-refractivity contribution in [3.05, 3.63) is 35.9 Å². The van der Waals surface area contributed by atoms with E-state index in [-0.39, 0.29) is 18.4 Å². The van der Waals surface area contributed by atoms with E-state index in [0.29, 0.717) is 26.1 Å². The first-order valence-corrected chi connectivity index (χ1v) is 11.2. The average Bonchev–Trinajstić information content (AvgIpc) is 3.06. The summed E-state index contributed by atoms with van der Waals surface area (Å²) in [5.41, 5.74) is 0.704. The van der Waals surface area contributed by atoms with Crippen molar-refractivity contribution in [2.45, 2.75) is 25.7 Å². The van der Waals surface area contributed by atoms with Crippen LogP contribution in [0.4, 0.5) is 0 Å². The van der Waals surface area contributed by atoms with Gasteiger partial charge in [-0.15, -0.1) is 0 Å². The SMILES string of the molecule is CS(=O)(=O)NCC(=O)N1CC[C@@]2(CCCN(CCc3ccccc3)C2=O)C1. The molecule has 2 heterocycles. The summed E-state index contributed by atoms with van der Waals surface area (Å²) < 4.78 is 24.6. The molecule has 3 rings (SSSR count).